The van der Waals surface area contributed by atoms with Gasteiger partial charge >= 0.3 is 11.9 Å². The van der Waals surface area contributed by atoms with E-state index in [1.165, 1.54) is 25.3 Å². The van der Waals surface area contributed by atoms with Gasteiger partial charge in [-0.1, -0.05) is 0 Å². The van der Waals surface area contributed by atoms with Crippen molar-refractivity contribution in [3.8, 4) is 0 Å². The quantitative estimate of drug-likeness (QED) is 0.562. The van der Waals surface area contributed by atoms with Crippen LogP contribution >= 0.6 is 0 Å². The van der Waals surface area contributed by atoms with Gasteiger partial charge < -0.3 is 29.3 Å². The summed E-state index contributed by atoms with van der Waals surface area (Å²) in [5.41, 5.74) is 0. The van der Waals surface area contributed by atoms with Crippen molar-refractivity contribution < 1.29 is 38.8 Å². The van der Waals surface area contributed by atoms with E-state index in [4.69, 9.17) is 20.4 Å². The summed E-state index contributed by atoms with van der Waals surface area (Å²) in [6.45, 7) is 0. The van der Waals surface area contributed by atoms with Gasteiger partial charge in [-0.3, -0.25) is 0 Å². The van der Waals surface area contributed by atoms with Crippen LogP contribution in [0.15, 0.2) is 46.5 Å². The van der Waals surface area contributed by atoms with E-state index in [-0.39, 0.29) is 0 Å². The summed E-state index contributed by atoms with van der Waals surface area (Å²) in [4.78, 5) is 26.7. The maximum absolute atomic E-state index is 9.77. The third-order valence-corrected chi connectivity index (χ3v) is 1.50. The highest BCUT2D eigenvalue weighted by Crippen LogP contribution is 1.92. The van der Waals surface area contributed by atoms with E-state index in [9.17, 15) is 9.59 Å². The highest BCUT2D eigenvalue weighted by atomic mass is 16.4. The molecule has 0 aromatic carbocycles. The van der Waals surface area contributed by atoms with Crippen LogP contribution in [0.3, 0.4) is 0 Å². The minimum Gasteiger partial charge on any atom is -0.479 e. The van der Waals surface area contributed by atoms with Crippen LogP contribution in [-0.4, -0.2) is 54.5 Å². The molecule has 0 spiro atoms. The minimum atomic E-state index is -2.27. The summed E-state index contributed by atoms with van der Waals surface area (Å²) in [5, 5.41) is 32.5. The second kappa shape index (κ2) is 10.2. The molecule has 0 amide bonds. The number of hydrogen-bond acceptors (Lipinski definition) is 8. The first-order valence-corrected chi connectivity index (χ1v) is 4.92. The molecule has 0 aliphatic heterocycles. The maximum Gasteiger partial charge on any atom is 0.335 e. The zero-order valence-electron chi connectivity index (χ0n) is 9.94. The predicted octanol–water partition coefficient (Wildman–Crippen LogP) is -0.773. The lowest BCUT2D eigenvalue weighted by Gasteiger charge is -2.07. The summed E-state index contributed by atoms with van der Waals surface area (Å²) >= 11 is 0. The number of carbonyl (C=O) groups is 2. The lowest BCUT2D eigenvalue weighted by molar-refractivity contribution is -0.165. The van der Waals surface area contributed by atoms with Gasteiger partial charge in [0.05, 0.1) is 12.4 Å². The molecule has 0 bridgehead atoms. The first kappa shape index (κ1) is 17.3. The number of carboxylic acids is 2. The monoisotopic (exact) mass is 288 g/mol. The molecule has 110 valence electrons. The Labute approximate surface area is 111 Å². The molecule has 4 N–H and O–H groups in total. The number of rotatable bonds is 3. The van der Waals surface area contributed by atoms with Crippen LogP contribution in [0.25, 0.3) is 0 Å². The minimum absolute atomic E-state index is 1.38. The number of aromatic nitrogens is 2. The Morgan fingerprint density at radius 1 is 0.850 bits per heavy atom. The van der Waals surface area contributed by atoms with Crippen LogP contribution < -0.4 is 0 Å². The Hall–Kier alpha value is -2.72. The Morgan fingerprint density at radius 3 is 1.30 bits per heavy atom. The van der Waals surface area contributed by atoms with Crippen molar-refractivity contribution in [2.24, 2.45) is 0 Å². The number of aliphatic hydroxyl groups is 2. The van der Waals surface area contributed by atoms with Gasteiger partial charge in [0.25, 0.3) is 0 Å². The third kappa shape index (κ3) is 8.38. The average molecular weight is 288 g/mol. The molecule has 10 heteroatoms. The van der Waals surface area contributed by atoms with Crippen molar-refractivity contribution >= 4 is 11.9 Å². The molecule has 2 atom stereocenters. The molecule has 2 aromatic rings. The van der Waals surface area contributed by atoms with Crippen molar-refractivity contribution in [2.75, 3.05) is 0 Å². The molecular weight excluding hydrogens is 276 g/mol. The molecule has 2 unspecified atom stereocenters. The Balaban J connectivity index is 0.000000298. The molecule has 0 aliphatic carbocycles. The standard InChI is InChI=1S/C4H6O6.2C3H3NO/c5-1(3(7)8)2(6)4(9)10;2*1-2-5-3-4-1/h1-2,5-6H,(H,7,8)(H,9,10);2*1-3H. The smallest absolute Gasteiger partial charge is 0.335 e. The fourth-order valence-corrected chi connectivity index (χ4v) is 0.621. The van der Waals surface area contributed by atoms with Gasteiger partial charge in [-0.15, -0.1) is 0 Å². The zero-order chi connectivity index (χ0) is 15.4. The van der Waals surface area contributed by atoms with E-state index >= 15 is 0 Å². The number of carboxylic acid groups (broad SMARTS) is 2. The van der Waals surface area contributed by atoms with Crippen molar-refractivity contribution in [2.45, 2.75) is 12.2 Å². The molecule has 2 heterocycles. The van der Waals surface area contributed by atoms with E-state index < -0.39 is 24.1 Å². The lowest BCUT2D eigenvalue weighted by atomic mass is 10.2. The summed E-state index contributed by atoms with van der Waals surface area (Å²) in [6, 6.07) is 0. The van der Waals surface area contributed by atoms with Gasteiger partial charge in [0.2, 0.25) is 0 Å². The van der Waals surface area contributed by atoms with E-state index in [1.807, 2.05) is 0 Å². The van der Waals surface area contributed by atoms with Crippen LogP contribution in [0.5, 0.6) is 0 Å². The van der Waals surface area contributed by atoms with Crippen LogP contribution in [0.1, 0.15) is 0 Å². The fourth-order valence-electron chi connectivity index (χ4n) is 0.621. The maximum atomic E-state index is 9.77. The summed E-state index contributed by atoms with van der Waals surface area (Å²) in [5.74, 6) is -3.54. The molecule has 0 aliphatic rings. The largest absolute Gasteiger partial charge is 0.479 e. The molecule has 0 saturated heterocycles. The normalized spacial score (nSPS) is 11.9. The summed E-state index contributed by atoms with van der Waals surface area (Å²) in [7, 11) is 0. The molecule has 0 fully saturated rings. The van der Waals surface area contributed by atoms with Gasteiger partial charge in [-0.05, 0) is 0 Å². The Kier molecular flexibility index (Phi) is 8.83. The van der Waals surface area contributed by atoms with E-state index in [2.05, 4.69) is 18.8 Å². The van der Waals surface area contributed by atoms with Gasteiger partial charge in [0, 0.05) is 0 Å². The average Bonchev–Trinajstić information content (AvgIpc) is 3.12. The number of aliphatic hydroxyl groups excluding tert-OH is 2. The van der Waals surface area contributed by atoms with Gasteiger partial charge in [-0.25, -0.2) is 19.6 Å². The second-order valence-corrected chi connectivity index (χ2v) is 2.92. The zero-order valence-corrected chi connectivity index (χ0v) is 9.94. The summed E-state index contributed by atoms with van der Waals surface area (Å²) in [6.07, 6.45) is 4.41. The van der Waals surface area contributed by atoms with E-state index in [0.717, 1.165) is 0 Å². The van der Waals surface area contributed by atoms with E-state index in [1.54, 1.807) is 12.4 Å². The van der Waals surface area contributed by atoms with Crippen molar-refractivity contribution in [1.29, 1.82) is 0 Å². The van der Waals surface area contributed by atoms with Gasteiger partial charge in [-0.2, -0.15) is 0 Å². The SMILES string of the molecule is O=C(O)C(O)C(O)C(=O)O.c1cocn1.c1cocn1. The number of hydrogen-bond donors (Lipinski definition) is 4. The molecular formula is C10H12N2O8. The van der Waals surface area contributed by atoms with Crippen LogP contribution in [-0.2, 0) is 9.59 Å². The lowest BCUT2D eigenvalue weighted by Crippen LogP contribution is -2.39. The van der Waals surface area contributed by atoms with Crippen LogP contribution in [0.4, 0.5) is 0 Å². The van der Waals surface area contributed by atoms with E-state index in [0.29, 0.717) is 0 Å². The molecule has 10 nitrogen and oxygen atoms in total. The topological polar surface area (TPSA) is 167 Å². The van der Waals surface area contributed by atoms with Crippen LogP contribution in [0.2, 0.25) is 0 Å². The predicted molar refractivity (Wildman–Crippen MR) is 60.3 cm³/mol. The summed E-state index contributed by atoms with van der Waals surface area (Å²) < 4.78 is 8.94. The molecule has 0 radical (unpaired) electrons. The first-order chi connectivity index (χ1) is 9.46. The second-order valence-electron chi connectivity index (χ2n) is 2.92. The van der Waals surface area contributed by atoms with Crippen molar-refractivity contribution in [1.82, 2.24) is 9.97 Å². The van der Waals surface area contributed by atoms with Crippen molar-refractivity contribution in [3.63, 3.8) is 0 Å². The fraction of sp³-hybridized carbons (Fsp3) is 0.200. The highest BCUT2D eigenvalue weighted by Gasteiger charge is 2.29. The first-order valence-electron chi connectivity index (χ1n) is 4.92. The van der Waals surface area contributed by atoms with Crippen molar-refractivity contribution in [3.05, 3.63) is 37.7 Å². The molecule has 2 aromatic heterocycles. The molecule has 0 saturated carbocycles. The van der Waals surface area contributed by atoms with Gasteiger partial charge in [0.15, 0.2) is 25.0 Å². The number of oxazole rings is 2. The third-order valence-electron chi connectivity index (χ3n) is 1.50. The molecule has 2 rings (SSSR count). The number of aliphatic carboxylic acids is 2. The number of nitrogens with zero attached hydrogens (tertiary/aromatic N) is 2. The Morgan fingerprint density at radius 2 is 1.20 bits per heavy atom. The Bertz CT molecular complexity index is 377. The highest BCUT2D eigenvalue weighted by molar-refractivity contribution is 5.83. The van der Waals surface area contributed by atoms with Gasteiger partial charge in [0.1, 0.15) is 12.5 Å². The molecule has 20 heavy (non-hydrogen) atoms. The van der Waals surface area contributed by atoms with Crippen LogP contribution in [0, 0.1) is 0 Å².